The fraction of sp³-hybridized carbons (Fsp3) is 0.222. The molecule has 6 nitrogen and oxygen atoms in total. The number of ether oxygens (including phenoxy) is 1. The van der Waals surface area contributed by atoms with Crippen LogP contribution in [0.2, 0.25) is 0 Å². The first-order chi connectivity index (χ1) is 7.15. The molecule has 1 aromatic heterocycles. The van der Waals surface area contributed by atoms with Crippen molar-refractivity contribution in [3.05, 3.63) is 30.1 Å². The number of pyridine rings is 1. The van der Waals surface area contributed by atoms with Gasteiger partial charge in [0.1, 0.15) is 0 Å². The molecule has 1 rings (SSSR count). The van der Waals surface area contributed by atoms with Gasteiger partial charge < -0.3 is 14.9 Å². The molecule has 0 aliphatic heterocycles. The van der Waals surface area contributed by atoms with Gasteiger partial charge in [-0.15, -0.1) is 0 Å². The van der Waals surface area contributed by atoms with E-state index in [9.17, 15) is 9.59 Å². The number of esters is 2. The van der Waals surface area contributed by atoms with Gasteiger partial charge in [-0.2, -0.15) is 0 Å². The van der Waals surface area contributed by atoms with Crippen molar-refractivity contribution in [3.63, 3.8) is 0 Å². The summed E-state index contributed by atoms with van der Waals surface area (Å²) < 4.78 is 4.26. The smallest absolute Gasteiger partial charge is 0.347 e. The predicted octanol–water partition coefficient (Wildman–Crippen LogP) is -0.882. The first-order valence-corrected chi connectivity index (χ1v) is 4.10. The monoisotopic (exact) mass is 211 g/mol. The Balaban J connectivity index is 2.61. The Morgan fingerprint density at radius 3 is 2.80 bits per heavy atom. The molecule has 1 heterocycles. The summed E-state index contributed by atoms with van der Waals surface area (Å²) in [7, 11) is 0. The number of hydrogen-bond donors (Lipinski definition) is 2. The van der Waals surface area contributed by atoms with Crippen LogP contribution in [0.4, 0.5) is 0 Å². The van der Waals surface area contributed by atoms with Crippen molar-refractivity contribution in [1.29, 1.82) is 0 Å². The van der Waals surface area contributed by atoms with E-state index in [1.807, 2.05) is 0 Å². The molecule has 15 heavy (non-hydrogen) atoms. The van der Waals surface area contributed by atoms with Gasteiger partial charge in [-0.1, -0.05) is 0 Å². The van der Waals surface area contributed by atoms with Crippen LogP contribution in [-0.2, 0) is 9.53 Å². The summed E-state index contributed by atoms with van der Waals surface area (Å²) in [5, 5.41) is 17.2. The molecule has 0 aliphatic carbocycles. The average molecular weight is 211 g/mol. The zero-order valence-electron chi connectivity index (χ0n) is 7.66. The second kappa shape index (κ2) is 5.18. The van der Waals surface area contributed by atoms with Gasteiger partial charge in [0.2, 0.25) is 0 Å². The van der Waals surface area contributed by atoms with Gasteiger partial charge >= 0.3 is 11.9 Å². The molecule has 80 valence electrons. The summed E-state index contributed by atoms with van der Waals surface area (Å²) >= 11 is 0. The summed E-state index contributed by atoms with van der Waals surface area (Å²) in [5.74, 6) is -2.10. The summed E-state index contributed by atoms with van der Waals surface area (Å²) in [4.78, 5) is 25.7. The lowest BCUT2D eigenvalue weighted by molar-refractivity contribution is -0.149. The maximum Gasteiger partial charge on any atom is 0.347 e. The van der Waals surface area contributed by atoms with E-state index in [1.54, 1.807) is 0 Å². The van der Waals surface area contributed by atoms with Crippen LogP contribution < -0.4 is 0 Å². The van der Waals surface area contributed by atoms with Gasteiger partial charge in [-0.25, -0.2) is 9.59 Å². The third-order valence-electron chi connectivity index (χ3n) is 1.54. The van der Waals surface area contributed by atoms with Crippen LogP contribution >= 0.6 is 0 Å². The van der Waals surface area contributed by atoms with Crippen molar-refractivity contribution in [2.75, 3.05) is 6.61 Å². The van der Waals surface area contributed by atoms with Gasteiger partial charge in [0.15, 0.2) is 6.10 Å². The molecule has 0 amide bonds. The maximum absolute atomic E-state index is 11.2. The molecular formula is C9H9NO5. The van der Waals surface area contributed by atoms with Gasteiger partial charge in [0, 0.05) is 12.4 Å². The molecule has 0 saturated heterocycles. The summed E-state index contributed by atoms with van der Waals surface area (Å²) in [6, 6.07) is 2.91. The largest absolute Gasteiger partial charge is 0.393 e. The fourth-order valence-electron chi connectivity index (χ4n) is 0.776. The van der Waals surface area contributed by atoms with Crippen molar-refractivity contribution in [3.8, 4) is 0 Å². The Hall–Kier alpha value is -1.79. The Morgan fingerprint density at radius 1 is 1.53 bits per heavy atom. The Kier molecular flexibility index (Phi) is 3.90. The molecule has 0 bridgehead atoms. The van der Waals surface area contributed by atoms with E-state index in [0.717, 1.165) is 0 Å². The van der Waals surface area contributed by atoms with Crippen LogP contribution in [0.1, 0.15) is 10.4 Å². The molecule has 0 fully saturated rings. The molecule has 2 N–H and O–H groups in total. The average Bonchev–Trinajstić information content (AvgIpc) is 2.29. The zero-order valence-corrected chi connectivity index (χ0v) is 7.66. The number of nitrogens with zero attached hydrogens (tertiary/aromatic N) is 1. The van der Waals surface area contributed by atoms with Crippen LogP contribution in [0.5, 0.6) is 0 Å². The standard InChI is InChI=1S/C9H9NO5/c11-5-7(12)9(14)15-8(13)6-2-1-3-10-4-6/h1-4,7,11-12H,5H2. The van der Waals surface area contributed by atoms with E-state index in [4.69, 9.17) is 10.2 Å². The number of aliphatic hydroxyl groups excluding tert-OH is 2. The van der Waals surface area contributed by atoms with Gasteiger partial charge in [-0.05, 0) is 12.1 Å². The minimum Gasteiger partial charge on any atom is -0.393 e. The second-order valence-corrected chi connectivity index (χ2v) is 2.65. The van der Waals surface area contributed by atoms with Crippen LogP contribution in [-0.4, -0.2) is 39.8 Å². The van der Waals surface area contributed by atoms with Gasteiger partial charge in [-0.3, -0.25) is 4.98 Å². The lowest BCUT2D eigenvalue weighted by Crippen LogP contribution is -2.28. The quantitative estimate of drug-likeness (QED) is 0.497. The van der Waals surface area contributed by atoms with E-state index in [0.29, 0.717) is 0 Å². The maximum atomic E-state index is 11.2. The first kappa shape index (κ1) is 11.3. The van der Waals surface area contributed by atoms with Crippen LogP contribution in [0.3, 0.4) is 0 Å². The Labute approximate surface area is 85.1 Å². The van der Waals surface area contributed by atoms with E-state index in [1.165, 1.54) is 24.5 Å². The van der Waals surface area contributed by atoms with Gasteiger partial charge in [0.05, 0.1) is 12.2 Å². The third kappa shape index (κ3) is 3.12. The Bertz CT molecular complexity index is 351. The van der Waals surface area contributed by atoms with Crippen molar-refractivity contribution < 1.29 is 24.5 Å². The SMILES string of the molecule is O=C(OC(=O)C(O)CO)c1cccnc1. The minimum absolute atomic E-state index is 0.0935. The number of rotatable bonds is 3. The lowest BCUT2D eigenvalue weighted by Gasteiger charge is -2.05. The van der Waals surface area contributed by atoms with E-state index < -0.39 is 24.6 Å². The summed E-state index contributed by atoms with van der Waals surface area (Å²) in [5.41, 5.74) is 0.0935. The number of carbonyl (C=O) groups excluding carboxylic acids is 2. The highest BCUT2D eigenvalue weighted by Crippen LogP contribution is 2.00. The number of carbonyl (C=O) groups is 2. The molecule has 0 radical (unpaired) electrons. The Morgan fingerprint density at radius 2 is 2.27 bits per heavy atom. The third-order valence-corrected chi connectivity index (χ3v) is 1.54. The minimum atomic E-state index is -1.70. The molecule has 1 atom stereocenters. The van der Waals surface area contributed by atoms with Gasteiger partial charge in [0.25, 0.3) is 0 Å². The highest BCUT2D eigenvalue weighted by atomic mass is 16.6. The summed E-state index contributed by atoms with van der Waals surface area (Å²) in [6.07, 6.45) is 0.980. The molecule has 1 aromatic rings. The topological polar surface area (TPSA) is 96.7 Å². The lowest BCUT2D eigenvalue weighted by atomic mass is 10.3. The second-order valence-electron chi connectivity index (χ2n) is 2.65. The van der Waals surface area contributed by atoms with E-state index in [2.05, 4.69) is 9.72 Å². The van der Waals surface area contributed by atoms with Crippen LogP contribution in [0, 0.1) is 0 Å². The van der Waals surface area contributed by atoms with Crippen molar-refractivity contribution >= 4 is 11.9 Å². The molecule has 0 saturated carbocycles. The number of aromatic nitrogens is 1. The highest BCUT2D eigenvalue weighted by Gasteiger charge is 2.20. The van der Waals surface area contributed by atoms with Crippen molar-refractivity contribution in [2.24, 2.45) is 0 Å². The zero-order chi connectivity index (χ0) is 11.3. The number of hydrogen-bond acceptors (Lipinski definition) is 6. The molecule has 1 unspecified atom stereocenters. The molecule has 0 aromatic carbocycles. The molecule has 6 heteroatoms. The highest BCUT2D eigenvalue weighted by molar-refractivity contribution is 5.97. The molecule has 0 aliphatic rings. The fourth-order valence-corrected chi connectivity index (χ4v) is 0.776. The van der Waals surface area contributed by atoms with Crippen LogP contribution in [0.25, 0.3) is 0 Å². The van der Waals surface area contributed by atoms with E-state index >= 15 is 0 Å². The van der Waals surface area contributed by atoms with Crippen LogP contribution in [0.15, 0.2) is 24.5 Å². The summed E-state index contributed by atoms with van der Waals surface area (Å²) in [6.45, 7) is -0.793. The molecule has 0 spiro atoms. The predicted molar refractivity (Wildman–Crippen MR) is 47.8 cm³/mol. The van der Waals surface area contributed by atoms with Crippen molar-refractivity contribution in [1.82, 2.24) is 4.98 Å². The first-order valence-electron chi connectivity index (χ1n) is 4.10. The van der Waals surface area contributed by atoms with E-state index in [-0.39, 0.29) is 5.56 Å². The molecular weight excluding hydrogens is 202 g/mol. The van der Waals surface area contributed by atoms with Crippen molar-refractivity contribution in [2.45, 2.75) is 6.10 Å². The number of aliphatic hydroxyl groups is 2. The normalized spacial score (nSPS) is 11.9.